The van der Waals surface area contributed by atoms with E-state index in [1.165, 1.54) is 12.4 Å². The van der Waals surface area contributed by atoms with E-state index in [2.05, 4.69) is 9.97 Å². The van der Waals surface area contributed by atoms with Crippen molar-refractivity contribution in [2.24, 2.45) is 11.8 Å². The molecule has 134 valence electrons. The number of aryl methyl sites for hydroxylation is 1. The minimum Gasteiger partial charge on any atom is -0.392 e. The van der Waals surface area contributed by atoms with Gasteiger partial charge in [-0.3, -0.25) is 0 Å². The van der Waals surface area contributed by atoms with Gasteiger partial charge in [-0.2, -0.15) is 0 Å². The van der Waals surface area contributed by atoms with Crippen LogP contribution in [-0.4, -0.2) is 39.4 Å². The van der Waals surface area contributed by atoms with E-state index in [0.717, 1.165) is 5.82 Å². The lowest BCUT2D eigenvalue weighted by Crippen LogP contribution is -2.36. The molecule has 3 rings (SSSR count). The predicted octanol–water partition coefficient (Wildman–Crippen LogP) is 2.48. The van der Waals surface area contributed by atoms with E-state index in [4.69, 9.17) is 0 Å². The van der Waals surface area contributed by atoms with E-state index < -0.39 is 12.2 Å². The van der Waals surface area contributed by atoms with Crippen molar-refractivity contribution in [2.75, 3.05) is 11.9 Å². The lowest BCUT2D eigenvalue weighted by Gasteiger charge is -2.29. The van der Waals surface area contributed by atoms with Crippen molar-refractivity contribution < 1.29 is 14.6 Å². The molecule has 1 saturated carbocycles. The van der Waals surface area contributed by atoms with Gasteiger partial charge in [0.25, 0.3) is 0 Å². The molecule has 0 saturated heterocycles. The number of aliphatic hydroxyl groups is 2. The first kappa shape index (κ1) is 17.8. The van der Waals surface area contributed by atoms with Gasteiger partial charge in [-0.25, -0.2) is 14.4 Å². The van der Waals surface area contributed by atoms with Crippen LogP contribution >= 0.6 is 0 Å². The number of benzene rings is 1. The maximum Gasteiger partial charge on any atom is 0.131 e. The topological polar surface area (TPSA) is 69.5 Å². The number of hydrogen-bond donors (Lipinski definition) is 2. The third-order valence-electron chi connectivity index (χ3n) is 5.45. The number of aliphatic hydroxyl groups excluding tert-OH is 2. The molecule has 25 heavy (non-hydrogen) atoms. The van der Waals surface area contributed by atoms with Crippen LogP contribution in [-0.2, 0) is 0 Å². The van der Waals surface area contributed by atoms with Crippen molar-refractivity contribution in [2.45, 2.75) is 38.5 Å². The van der Waals surface area contributed by atoms with Gasteiger partial charge in [0.05, 0.1) is 12.2 Å². The summed E-state index contributed by atoms with van der Waals surface area (Å²) in [4.78, 5) is 10.2. The van der Waals surface area contributed by atoms with Gasteiger partial charge < -0.3 is 15.1 Å². The quantitative estimate of drug-likeness (QED) is 0.891. The molecule has 5 nitrogen and oxygen atoms in total. The van der Waals surface area contributed by atoms with E-state index in [1.807, 2.05) is 24.9 Å². The molecule has 1 heterocycles. The van der Waals surface area contributed by atoms with Crippen molar-refractivity contribution >= 4 is 5.82 Å². The minimum atomic E-state index is -0.833. The first-order chi connectivity index (χ1) is 11.9. The van der Waals surface area contributed by atoms with Gasteiger partial charge in [0.15, 0.2) is 0 Å². The number of anilines is 1. The summed E-state index contributed by atoms with van der Waals surface area (Å²) < 4.78 is 13.5. The molecule has 6 heteroatoms. The molecule has 0 unspecified atom stereocenters. The van der Waals surface area contributed by atoms with Crippen LogP contribution < -0.4 is 4.90 Å². The molecule has 0 bridgehead atoms. The van der Waals surface area contributed by atoms with E-state index in [9.17, 15) is 14.6 Å². The smallest absolute Gasteiger partial charge is 0.131 e. The van der Waals surface area contributed by atoms with Gasteiger partial charge in [0.1, 0.15) is 18.0 Å². The second kappa shape index (κ2) is 7.06. The first-order valence-corrected chi connectivity index (χ1v) is 8.51. The summed E-state index contributed by atoms with van der Waals surface area (Å²) in [6, 6.07) is 6.48. The molecule has 1 fully saturated rings. The molecular weight excluding hydrogens is 321 g/mol. The molecule has 0 spiro atoms. The molecule has 0 aliphatic heterocycles. The van der Waals surface area contributed by atoms with Crippen LogP contribution in [0.4, 0.5) is 10.2 Å². The molecule has 2 aromatic rings. The van der Waals surface area contributed by atoms with Crippen LogP contribution in [0.2, 0.25) is 0 Å². The number of hydrogen-bond acceptors (Lipinski definition) is 5. The zero-order chi connectivity index (χ0) is 18.1. The van der Waals surface area contributed by atoms with Crippen molar-refractivity contribution in [3.63, 3.8) is 0 Å². The lowest BCUT2D eigenvalue weighted by molar-refractivity contribution is 0.0152. The predicted molar refractivity (Wildman–Crippen MR) is 93.6 cm³/mol. The molecule has 2 N–H and O–H groups in total. The fourth-order valence-electron chi connectivity index (χ4n) is 3.84. The monoisotopic (exact) mass is 345 g/mol. The van der Waals surface area contributed by atoms with Crippen LogP contribution in [0.5, 0.6) is 0 Å². The Hall–Kier alpha value is -2.05. The Balaban J connectivity index is 1.80. The Morgan fingerprint density at radius 1 is 1.32 bits per heavy atom. The zero-order valence-corrected chi connectivity index (χ0v) is 14.7. The summed E-state index contributed by atoms with van der Waals surface area (Å²) in [7, 11) is 1.94. The van der Waals surface area contributed by atoms with Gasteiger partial charge >= 0.3 is 0 Å². The Bertz CT molecular complexity index is 728. The summed E-state index contributed by atoms with van der Waals surface area (Å²) in [5.41, 5.74) is 1.13. The average molecular weight is 345 g/mol. The molecule has 5 atom stereocenters. The van der Waals surface area contributed by atoms with E-state index in [0.29, 0.717) is 17.5 Å². The second-order valence-corrected chi connectivity index (χ2v) is 6.95. The highest BCUT2D eigenvalue weighted by Gasteiger charge is 2.45. The van der Waals surface area contributed by atoms with E-state index in [1.54, 1.807) is 25.3 Å². The Kier molecular flexibility index (Phi) is 5.01. The fourth-order valence-corrected chi connectivity index (χ4v) is 3.84. The summed E-state index contributed by atoms with van der Waals surface area (Å²) >= 11 is 0. The molecule has 0 radical (unpaired) electrons. The van der Waals surface area contributed by atoms with Gasteiger partial charge in [-0.05, 0) is 36.6 Å². The zero-order valence-electron chi connectivity index (χ0n) is 14.7. The van der Waals surface area contributed by atoms with Crippen LogP contribution in [0.3, 0.4) is 0 Å². The van der Waals surface area contributed by atoms with E-state index in [-0.39, 0.29) is 23.7 Å². The van der Waals surface area contributed by atoms with Crippen LogP contribution in [0.25, 0.3) is 0 Å². The maximum absolute atomic E-state index is 13.5. The van der Waals surface area contributed by atoms with Gasteiger partial charge in [-0.15, -0.1) is 0 Å². The average Bonchev–Trinajstić information content (AvgIpc) is 2.92. The highest BCUT2D eigenvalue weighted by molar-refractivity contribution is 5.38. The summed E-state index contributed by atoms with van der Waals surface area (Å²) in [6.07, 6.45) is 2.33. The minimum absolute atomic E-state index is 0.0267. The standard InChI is InChI=1S/C19H24FN3O2/c1-11-8-13(4-5-15(11)20)19(25)14-9-16(12(2)18(14)24)23(3)17-6-7-21-10-22-17/h4-8,10,12,14,16,18-19,24-25H,9H2,1-3H3/t12-,14-,16+,18-,19-/m0/s1. The summed E-state index contributed by atoms with van der Waals surface area (Å²) in [6.45, 7) is 3.65. The third kappa shape index (κ3) is 3.37. The molecule has 1 aromatic heterocycles. The highest BCUT2D eigenvalue weighted by atomic mass is 19.1. The number of halogens is 1. The van der Waals surface area contributed by atoms with Gasteiger partial charge in [-0.1, -0.05) is 19.1 Å². The summed E-state index contributed by atoms with van der Waals surface area (Å²) in [5.74, 6) is 0.153. The number of rotatable bonds is 4. The summed E-state index contributed by atoms with van der Waals surface area (Å²) in [5, 5.41) is 21.5. The normalized spacial score (nSPS) is 27.3. The third-order valence-corrected chi connectivity index (χ3v) is 5.45. The van der Waals surface area contributed by atoms with Crippen molar-refractivity contribution in [1.82, 2.24) is 9.97 Å². The van der Waals surface area contributed by atoms with Gasteiger partial charge in [0, 0.05) is 31.1 Å². The van der Waals surface area contributed by atoms with Crippen LogP contribution in [0.15, 0.2) is 36.8 Å². The van der Waals surface area contributed by atoms with Crippen molar-refractivity contribution in [3.05, 3.63) is 53.7 Å². The second-order valence-electron chi connectivity index (χ2n) is 6.95. The van der Waals surface area contributed by atoms with Crippen molar-refractivity contribution in [3.8, 4) is 0 Å². The molecule has 1 aliphatic carbocycles. The number of nitrogens with zero attached hydrogens (tertiary/aromatic N) is 3. The van der Waals surface area contributed by atoms with E-state index >= 15 is 0 Å². The fraction of sp³-hybridized carbons (Fsp3) is 0.474. The number of aromatic nitrogens is 2. The molecular formula is C19H24FN3O2. The Morgan fingerprint density at radius 2 is 2.08 bits per heavy atom. The van der Waals surface area contributed by atoms with Gasteiger partial charge in [0.2, 0.25) is 0 Å². The van der Waals surface area contributed by atoms with Crippen molar-refractivity contribution in [1.29, 1.82) is 0 Å². The van der Waals surface area contributed by atoms with Crippen LogP contribution in [0, 0.1) is 24.6 Å². The highest BCUT2D eigenvalue weighted by Crippen LogP contribution is 2.42. The Labute approximate surface area is 147 Å². The molecule has 1 aliphatic rings. The SMILES string of the molecule is Cc1cc([C@H](O)[C@H]2C[C@@H](N(C)c3ccncn3)[C@H](C)[C@@H]2O)ccc1F. The first-order valence-electron chi connectivity index (χ1n) is 8.51. The molecule has 0 amide bonds. The maximum atomic E-state index is 13.5. The lowest BCUT2D eigenvalue weighted by atomic mass is 9.91. The molecule has 1 aromatic carbocycles. The largest absolute Gasteiger partial charge is 0.392 e. The van der Waals surface area contributed by atoms with Crippen LogP contribution in [0.1, 0.15) is 30.6 Å². The Morgan fingerprint density at radius 3 is 2.72 bits per heavy atom.